The van der Waals surface area contributed by atoms with Gasteiger partial charge >= 0.3 is 11.9 Å². The number of halogens is 4. The van der Waals surface area contributed by atoms with E-state index in [2.05, 4.69) is 10.4 Å². The van der Waals surface area contributed by atoms with Gasteiger partial charge in [0.25, 0.3) is 0 Å². The Morgan fingerprint density at radius 3 is 2.48 bits per heavy atom. The van der Waals surface area contributed by atoms with Crippen molar-refractivity contribution in [3.8, 4) is 11.4 Å². The van der Waals surface area contributed by atoms with E-state index in [1.165, 1.54) is 18.2 Å². The monoisotopic (exact) mass is 479 g/mol. The van der Waals surface area contributed by atoms with Crippen molar-refractivity contribution in [3.63, 3.8) is 0 Å². The summed E-state index contributed by atoms with van der Waals surface area (Å²) >= 11 is 5.94. The van der Waals surface area contributed by atoms with Crippen molar-refractivity contribution in [3.05, 3.63) is 75.2 Å². The Hall–Kier alpha value is -3.11. The highest BCUT2D eigenvalue weighted by Gasteiger charge is 2.34. The lowest BCUT2D eigenvalue weighted by Crippen LogP contribution is -2.37. The van der Waals surface area contributed by atoms with Crippen molar-refractivity contribution < 1.29 is 18.0 Å². The minimum Gasteiger partial charge on any atom is -0.353 e. The van der Waals surface area contributed by atoms with Crippen molar-refractivity contribution in [2.45, 2.75) is 37.6 Å². The van der Waals surface area contributed by atoms with Gasteiger partial charge < -0.3 is 11.1 Å². The third-order valence-electron chi connectivity index (χ3n) is 5.36. The van der Waals surface area contributed by atoms with Gasteiger partial charge in [0.15, 0.2) is 5.82 Å². The van der Waals surface area contributed by atoms with Gasteiger partial charge in [-0.15, -0.1) is 5.10 Å². The zero-order valence-corrected chi connectivity index (χ0v) is 18.1. The van der Waals surface area contributed by atoms with Gasteiger partial charge in [0.05, 0.1) is 5.56 Å². The molecule has 0 aliphatic heterocycles. The molecule has 4 rings (SSSR count). The summed E-state index contributed by atoms with van der Waals surface area (Å²) in [6.07, 6.45) is -2.88. The van der Waals surface area contributed by atoms with E-state index in [9.17, 15) is 22.8 Å². The van der Waals surface area contributed by atoms with Crippen LogP contribution in [0.3, 0.4) is 0 Å². The SMILES string of the molecule is NC(CNC(=O)Cn1nc(-c2ccc(Cl)cc2)n(C2CC2)c1=O)c1ccccc1C(F)(F)F. The number of alkyl halides is 3. The van der Waals surface area contributed by atoms with Crippen LogP contribution >= 0.6 is 11.6 Å². The molecule has 0 saturated heterocycles. The number of aromatic nitrogens is 3. The molecule has 1 amide bonds. The highest BCUT2D eigenvalue weighted by atomic mass is 35.5. The quantitative estimate of drug-likeness (QED) is 0.542. The van der Waals surface area contributed by atoms with Gasteiger partial charge in [0.2, 0.25) is 5.91 Å². The van der Waals surface area contributed by atoms with Gasteiger partial charge in [-0.05, 0) is 48.7 Å². The molecule has 1 atom stereocenters. The predicted octanol–water partition coefficient (Wildman–Crippen LogP) is 3.54. The summed E-state index contributed by atoms with van der Waals surface area (Å²) in [6, 6.07) is 10.8. The van der Waals surface area contributed by atoms with E-state index in [1.807, 2.05) is 0 Å². The molecule has 7 nitrogen and oxygen atoms in total. The number of hydrogen-bond donors (Lipinski definition) is 2. The van der Waals surface area contributed by atoms with Crippen molar-refractivity contribution in [2.75, 3.05) is 6.54 Å². The first-order chi connectivity index (χ1) is 15.6. The Labute approximate surface area is 192 Å². The largest absolute Gasteiger partial charge is 0.416 e. The number of nitrogens with zero attached hydrogens (tertiary/aromatic N) is 3. The van der Waals surface area contributed by atoms with Crippen LogP contribution in [-0.2, 0) is 17.5 Å². The minimum absolute atomic E-state index is 0.0206. The van der Waals surface area contributed by atoms with Gasteiger partial charge in [-0.2, -0.15) is 13.2 Å². The molecule has 0 bridgehead atoms. The Bertz CT molecular complexity index is 1220. The van der Waals surface area contributed by atoms with Crippen molar-refractivity contribution >= 4 is 17.5 Å². The lowest BCUT2D eigenvalue weighted by atomic mass is 10.0. The average molecular weight is 480 g/mol. The Kier molecular flexibility index (Phi) is 6.31. The normalized spacial score (nSPS) is 14.8. The number of benzene rings is 2. The fraction of sp³-hybridized carbons (Fsp3) is 0.318. The number of carbonyl (C=O) groups excluding carboxylic acids is 1. The third kappa shape index (κ3) is 5.12. The molecule has 3 N–H and O–H groups in total. The molecule has 1 fully saturated rings. The summed E-state index contributed by atoms with van der Waals surface area (Å²) in [4.78, 5) is 25.3. The summed E-state index contributed by atoms with van der Waals surface area (Å²) in [5, 5.41) is 7.37. The lowest BCUT2D eigenvalue weighted by Gasteiger charge is -2.18. The third-order valence-corrected chi connectivity index (χ3v) is 5.62. The van der Waals surface area contributed by atoms with E-state index in [0.717, 1.165) is 23.6 Å². The van der Waals surface area contributed by atoms with Crippen LogP contribution in [-0.4, -0.2) is 26.8 Å². The number of carbonyl (C=O) groups is 1. The van der Waals surface area contributed by atoms with Crippen LogP contribution in [0.2, 0.25) is 5.02 Å². The van der Waals surface area contributed by atoms with Gasteiger partial charge in [-0.3, -0.25) is 9.36 Å². The number of nitrogens with one attached hydrogen (secondary N) is 1. The van der Waals surface area contributed by atoms with E-state index >= 15 is 0 Å². The molecule has 1 heterocycles. The first-order valence-corrected chi connectivity index (χ1v) is 10.7. The van der Waals surface area contributed by atoms with Crippen molar-refractivity contribution in [2.24, 2.45) is 5.73 Å². The van der Waals surface area contributed by atoms with Crippen molar-refractivity contribution in [1.82, 2.24) is 19.7 Å². The first-order valence-electron chi connectivity index (χ1n) is 10.3. The van der Waals surface area contributed by atoms with Crippen LogP contribution < -0.4 is 16.7 Å². The lowest BCUT2D eigenvalue weighted by molar-refractivity contribution is -0.138. The van der Waals surface area contributed by atoms with Crippen LogP contribution in [0.15, 0.2) is 53.3 Å². The Morgan fingerprint density at radius 1 is 1.18 bits per heavy atom. The summed E-state index contributed by atoms with van der Waals surface area (Å²) < 4.78 is 42.2. The van der Waals surface area contributed by atoms with Crippen molar-refractivity contribution in [1.29, 1.82) is 0 Å². The maximum Gasteiger partial charge on any atom is 0.416 e. The molecule has 1 aromatic heterocycles. The molecule has 1 unspecified atom stereocenters. The molecule has 1 aliphatic rings. The Morgan fingerprint density at radius 2 is 1.85 bits per heavy atom. The predicted molar refractivity (Wildman–Crippen MR) is 117 cm³/mol. The maximum absolute atomic E-state index is 13.2. The molecule has 174 valence electrons. The summed E-state index contributed by atoms with van der Waals surface area (Å²) in [5.74, 6) is -0.150. The average Bonchev–Trinajstić information content (AvgIpc) is 3.56. The van der Waals surface area contributed by atoms with E-state index in [0.29, 0.717) is 16.4 Å². The number of hydrogen-bond acceptors (Lipinski definition) is 4. The first kappa shape index (κ1) is 23.1. The summed E-state index contributed by atoms with van der Waals surface area (Å²) in [7, 11) is 0. The molecular formula is C22H21ClF3N5O2. The molecule has 3 aromatic rings. The highest BCUT2D eigenvalue weighted by Crippen LogP contribution is 2.36. The molecule has 33 heavy (non-hydrogen) atoms. The number of nitrogens with two attached hydrogens (primary N) is 1. The summed E-state index contributed by atoms with van der Waals surface area (Å²) in [6.45, 7) is -0.610. The number of rotatable bonds is 7. The molecule has 0 radical (unpaired) electrons. The zero-order chi connectivity index (χ0) is 23.8. The van der Waals surface area contributed by atoms with E-state index < -0.39 is 29.4 Å². The minimum atomic E-state index is -4.56. The molecule has 1 aliphatic carbocycles. The van der Waals surface area contributed by atoms with Crippen LogP contribution in [0, 0.1) is 0 Å². The molecule has 0 spiro atoms. The van der Waals surface area contributed by atoms with Gasteiger partial charge in [0, 0.05) is 29.2 Å². The topological polar surface area (TPSA) is 94.9 Å². The molecule has 1 saturated carbocycles. The standard InChI is InChI=1S/C22H21ClF3N5O2/c23-14-7-5-13(6-8-14)20-29-30(21(33)31(20)15-9-10-15)12-19(32)28-11-18(27)16-3-1-2-4-17(16)22(24,25)26/h1-8,15,18H,9-12,27H2,(H,28,32). The van der Waals surface area contributed by atoms with E-state index in [-0.39, 0.29) is 24.7 Å². The highest BCUT2D eigenvalue weighted by molar-refractivity contribution is 6.30. The molecule has 2 aromatic carbocycles. The van der Waals surface area contributed by atoms with Crippen LogP contribution in [0.1, 0.15) is 36.1 Å². The van der Waals surface area contributed by atoms with Gasteiger partial charge in [0.1, 0.15) is 6.54 Å². The van der Waals surface area contributed by atoms with Crippen LogP contribution in [0.5, 0.6) is 0 Å². The van der Waals surface area contributed by atoms with Crippen LogP contribution in [0.25, 0.3) is 11.4 Å². The fourth-order valence-corrected chi connectivity index (χ4v) is 3.71. The Balaban J connectivity index is 1.48. The second-order valence-electron chi connectivity index (χ2n) is 7.87. The van der Waals surface area contributed by atoms with Gasteiger partial charge in [-0.25, -0.2) is 9.48 Å². The molecule has 11 heteroatoms. The second kappa shape index (κ2) is 9.03. The number of amides is 1. The van der Waals surface area contributed by atoms with E-state index in [1.54, 1.807) is 28.8 Å². The maximum atomic E-state index is 13.2. The second-order valence-corrected chi connectivity index (χ2v) is 8.30. The van der Waals surface area contributed by atoms with Gasteiger partial charge in [-0.1, -0.05) is 29.8 Å². The molecular weight excluding hydrogens is 459 g/mol. The summed E-state index contributed by atoms with van der Waals surface area (Å²) in [5.41, 5.74) is 5.21. The van der Waals surface area contributed by atoms with Crippen LogP contribution in [0.4, 0.5) is 13.2 Å². The smallest absolute Gasteiger partial charge is 0.353 e. The van der Waals surface area contributed by atoms with E-state index in [4.69, 9.17) is 17.3 Å². The zero-order valence-electron chi connectivity index (χ0n) is 17.3. The fourth-order valence-electron chi connectivity index (χ4n) is 3.59.